The molecule has 0 bridgehead atoms. The quantitative estimate of drug-likeness (QED) is 0.586. The molecule has 0 spiro atoms. The third-order valence-corrected chi connectivity index (χ3v) is 2.81. The summed E-state index contributed by atoms with van der Waals surface area (Å²) in [5.41, 5.74) is -0.462. The molecule has 0 radical (unpaired) electrons. The molecule has 1 aliphatic rings. The molecule has 5 nitrogen and oxygen atoms in total. The zero-order valence-corrected chi connectivity index (χ0v) is 9.01. The van der Waals surface area contributed by atoms with E-state index in [4.69, 9.17) is 5.11 Å². The van der Waals surface area contributed by atoms with Crippen LogP contribution in [0.2, 0.25) is 0 Å². The smallest absolute Gasteiger partial charge is 0.305 e. The molecule has 0 aromatic carbocycles. The molecule has 0 saturated heterocycles. The van der Waals surface area contributed by atoms with Gasteiger partial charge in [0.2, 0.25) is 5.91 Å². The van der Waals surface area contributed by atoms with Crippen LogP contribution in [0.5, 0.6) is 0 Å². The number of carbonyl (C=O) groups is 2. The molecule has 0 aromatic heterocycles. The predicted molar refractivity (Wildman–Crippen MR) is 55.5 cm³/mol. The first-order chi connectivity index (χ1) is 7.08. The van der Waals surface area contributed by atoms with Crippen molar-refractivity contribution in [3.63, 3.8) is 0 Å². The molecule has 0 atom stereocenters. The zero-order valence-electron chi connectivity index (χ0n) is 9.01. The van der Waals surface area contributed by atoms with Gasteiger partial charge in [-0.2, -0.15) is 0 Å². The zero-order chi connectivity index (χ0) is 11.3. The molecule has 3 N–H and O–H groups in total. The molecule has 1 saturated carbocycles. The first-order valence-electron chi connectivity index (χ1n) is 5.25. The SMILES string of the molecule is CNCCC(=O)NC1(CC(=O)O)CCC1. The van der Waals surface area contributed by atoms with E-state index in [0.29, 0.717) is 13.0 Å². The molecule has 86 valence electrons. The van der Waals surface area contributed by atoms with Gasteiger partial charge >= 0.3 is 5.97 Å². The van der Waals surface area contributed by atoms with Gasteiger partial charge in [0.1, 0.15) is 0 Å². The minimum Gasteiger partial charge on any atom is -0.481 e. The fourth-order valence-electron chi connectivity index (χ4n) is 1.84. The van der Waals surface area contributed by atoms with Crippen LogP contribution in [0.3, 0.4) is 0 Å². The van der Waals surface area contributed by atoms with E-state index in [-0.39, 0.29) is 12.3 Å². The lowest BCUT2D eigenvalue weighted by Crippen LogP contribution is -2.54. The monoisotopic (exact) mass is 214 g/mol. The van der Waals surface area contributed by atoms with Gasteiger partial charge in [0.05, 0.1) is 12.0 Å². The second-order valence-corrected chi connectivity index (χ2v) is 4.11. The van der Waals surface area contributed by atoms with Crippen molar-refractivity contribution in [2.24, 2.45) is 0 Å². The first kappa shape index (κ1) is 12.0. The third kappa shape index (κ3) is 3.51. The lowest BCUT2D eigenvalue weighted by Gasteiger charge is -2.41. The van der Waals surface area contributed by atoms with E-state index in [0.717, 1.165) is 19.3 Å². The molecule has 15 heavy (non-hydrogen) atoms. The fraction of sp³-hybridized carbons (Fsp3) is 0.800. The summed E-state index contributed by atoms with van der Waals surface area (Å²) in [6.45, 7) is 0.620. The van der Waals surface area contributed by atoms with Crippen molar-refractivity contribution in [3.8, 4) is 0 Å². The summed E-state index contributed by atoms with van der Waals surface area (Å²) in [5.74, 6) is -0.908. The molecular formula is C10H18N2O3. The van der Waals surface area contributed by atoms with Crippen LogP contribution in [0.25, 0.3) is 0 Å². The first-order valence-corrected chi connectivity index (χ1v) is 5.25. The molecule has 1 aliphatic carbocycles. The summed E-state index contributed by atoms with van der Waals surface area (Å²) in [4.78, 5) is 22.1. The molecule has 0 heterocycles. The van der Waals surface area contributed by atoms with E-state index in [9.17, 15) is 9.59 Å². The van der Waals surface area contributed by atoms with E-state index in [1.165, 1.54) is 0 Å². The van der Waals surface area contributed by atoms with Crippen LogP contribution in [0.1, 0.15) is 32.1 Å². The van der Waals surface area contributed by atoms with Gasteiger partial charge in [-0.05, 0) is 26.3 Å². The summed E-state index contributed by atoms with van der Waals surface area (Å²) in [6.07, 6.45) is 3.00. The van der Waals surface area contributed by atoms with Crippen molar-refractivity contribution in [2.75, 3.05) is 13.6 Å². The Hall–Kier alpha value is -1.10. The third-order valence-electron chi connectivity index (χ3n) is 2.81. The maximum Gasteiger partial charge on any atom is 0.305 e. The summed E-state index contributed by atoms with van der Waals surface area (Å²) < 4.78 is 0. The predicted octanol–water partition coefficient (Wildman–Crippen LogP) is 0.109. The molecule has 1 fully saturated rings. The van der Waals surface area contributed by atoms with E-state index in [1.54, 1.807) is 7.05 Å². The number of hydrogen-bond acceptors (Lipinski definition) is 3. The Bertz CT molecular complexity index is 249. The lowest BCUT2D eigenvalue weighted by molar-refractivity contribution is -0.140. The molecule has 1 amide bonds. The van der Waals surface area contributed by atoms with E-state index in [2.05, 4.69) is 10.6 Å². The van der Waals surface area contributed by atoms with E-state index < -0.39 is 11.5 Å². The largest absolute Gasteiger partial charge is 0.481 e. The molecule has 0 aliphatic heterocycles. The highest BCUT2D eigenvalue weighted by atomic mass is 16.4. The number of aliphatic carboxylic acids is 1. The Morgan fingerprint density at radius 2 is 2.07 bits per heavy atom. The van der Waals surface area contributed by atoms with Crippen molar-refractivity contribution >= 4 is 11.9 Å². The number of carboxylic acid groups (broad SMARTS) is 1. The van der Waals surface area contributed by atoms with Crippen LogP contribution < -0.4 is 10.6 Å². The Balaban J connectivity index is 2.38. The van der Waals surface area contributed by atoms with Crippen LogP contribution >= 0.6 is 0 Å². The van der Waals surface area contributed by atoms with Crippen molar-refractivity contribution in [3.05, 3.63) is 0 Å². The van der Waals surface area contributed by atoms with Gasteiger partial charge < -0.3 is 15.7 Å². The van der Waals surface area contributed by atoms with Gasteiger partial charge in [-0.1, -0.05) is 0 Å². The number of hydrogen-bond donors (Lipinski definition) is 3. The Morgan fingerprint density at radius 1 is 1.40 bits per heavy atom. The Labute approximate surface area is 89.2 Å². The summed E-state index contributed by atoms with van der Waals surface area (Å²) in [7, 11) is 1.78. The fourth-order valence-corrected chi connectivity index (χ4v) is 1.84. The second-order valence-electron chi connectivity index (χ2n) is 4.11. The van der Waals surface area contributed by atoms with Crippen LogP contribution in [0.4, 0.5) is 0 Å². The molecule has 5 heteroatoms. The van der Waals surface area contributed by atoms with E-state index >= 15 is 0 Å². The highest BCUT2D eigenvalue weighted by Gasteiger charge is 2.39. The maximum atomic E-state index is 11.4. The van der Waals surface area contributed by atoms with Crippen LogP contribution in [0, 0.1) is 0 Å². The second kappa shape index (κ2) is 5.11. The lowest BCUT2D eigenvalue weighted by atomic mass is 9.74. The van der Waals surface area contributed by atoms with Crippen molar-refractivity contribution in [1.29, 1.82) is 0 Å². The maximum absolute atomic E-state index is 11.4. The van der Waals surface area contributed by atoms with Gasteiger partial charge in [0.25, 0.3) is 0 Å². The van der Waals surface area contributed by atoms with Crippen molar-refractivity contribution < 1.29 is 14.7 Å². The van der Waals surface area contributed by atoms with Gasteiger partial charge in [-0.15, -0.1) is 0 Å². The number of rotatable bonds is 6. The number of carbonyl (C=O) groups excluding carboxylic acids is 1. The van der Waals surface area contributed by atoms with Gasteiger partial charge in [-0.25, -0.2) is 0 Å². The van der Waals surface area contributed by atoms with Crippen molar-refractivity contribution in [1.82, 2.24) is 10.6 Å². The number of nitrogens with one attached hydrogen (secondary N) is 2. The molecule has 0 unspecified atom stereocenters. The standard InChI is InChI=1S/C10H18N2O3/c1-11-6-3-8(13)12-10(4-2-5-10)7-9(14)15/h11H,2-7H2,1H3,(H,12,13)(H,14,15). The number of carboxylic acids is 1. The van der Waals surface area contributed by atoms with Crippen molar-refractivity contribution in [2.45, 2.75) is 37.6 Å². The Morgan fingerprint density at radius 3 is 2.47 bits per heavy atom. The molecular weight excluding hydrogens is 196 g/mol. The van der Waals surface area contributed by atoms with Gasteiger partial charge in [0, 0.05) is 13.0 Å². The number of amides is 1. The molecule has 0 aromatic rings. The van der Waals surface area contributed by atoms with Crippen LogP contribution in [0.15, 0.2) is 0 Å². The normalized spacial score (nSPS) is 17.9. The highest BCUT2D eigenvalue weighted by molar-refractivity contribution is 5.78. The minimum atomic E-state index is -0.844. The summed E-state index contributed by atoms with van der Waals surface area (Å²) >= 11 is 0. The topological polar surface area (TPSA) is 78.4 Å². The highest BCUT2D eigenvalue weighted by Crippen LogP contribution is 2.34. The van der Waals surface area contributed by atoms with Gasteiger partial charge in [0.15, 0.2) is 0 Å². The van der Waals surface area contributed by atoms with Crippen LogP contribution in [-0.2, 0) is 9.59 Å². The summed E-state index contributed by atoms with van der Waals surface area (Å²) in [5, 5.41) is 14.5. The molecule has 1 rings (SSSR count). The average Bonchev–Trinajstić information content (AvgIpc) is 2.10. The Kier molecular flexibility index (Phi) is 4.08. The van der Waals surface area contributed by atoms with Crippen LogP contribution in [-0.4, -0.2) is 36.1 Å². The summed E-state index contributed by atoms with van der Waals surface area (Å²) in [6, 6.07) is 0. The average molecular weight is 214 g/mol. The van der Waals surface area contributed by atoms with Gasteiger partial charge in [-0.3, -0.25) is 9.59 Å². The van der Waals surface area contributed by atoms with E-state index in [1.807, 2.05) is 0 Å². The minimum absolute atomic E-state index is 0.0400.